The van der Waals surface area contributed by atoms with Crippen LogP contribution in [0, 0.1) is 0 Å². The van der Waals surface area contributed by atoms with Gasteiger partial charge in [-0.05, 0) is 46.7 Å². The van der Waals surface area contributed by atoms with Crippen molar-refractivity contribution in [3.8, 4) is 28.4 Å². The van der Waals surface area contributed by atoms with E-state index in [9.17, 15) is 9.59 Å². The molecule has 2 amide bonds. The van der Waals surface area contributed by atoms with Gasteiger partial charge in [0.2, 0.25) is 6.79 Å². The van der Waals surface area contributed by atoms with Gasteiger partial charge in [0, 0.05) is 5.56 Å². The number of rotatable bonds is 2. The molecule has 2 heterocycles. The molecule has 5 rings (SSSR count). The topological polar surface area (TPSA) is 73.9 Å². The summed E-state index contributed by atoms with van der Waals surface area (Å²) in [6.07, 6.45) is 0. The van der Waals surface area contributed by atoms with E-state index < -0.39 is 5.91 Å². The summed E-state index contributed by atoms with van der Waals surface area (Å²) in [7, 11) is 1.59. The number of carbonyl (C=O) groups excluding carboxylic acids is 2. The minimum absolute atomic E-state index is 0.155. The molecule has 0 bridgehead atoms. The van der Waals surface area contributed by atoms with Crippen LogP contribution < -0.4 is 19.5 Å². The summed E-state index contributed by atoms with van der Waals surface area (Å²) in [4.78, 5) is 24.7. The van der Waals surface area contributed by atoms with E-state index in [-0.39, 0.29) is 12.7 Å². The van der Waals surface area contributed by atoms with Crippen LogP contribution in [-0.2, 0) is 0 Å². The zero-order valence-electron chi connectivity index (χ0n) is 13.8. The predicted octanol–water partition coefficient (Wildman–Crippen LogP) is 3.13. The van der Waals surface area contributed by atoms with Gasteiger partial charge >= 0.3 is 0 Å². The quantitative estimate of drug-likeness (QED) is 0.721. The number of carbonyl (C=O) groups is 2. The van der Waals surface area contributed by atoms with Crippen molar-refractivity contribution in [2.24, 2.45) is 0 Å². The molecular formula is C20H13NO5. The number of fused-ring (bicyclic) bond motifs is 3. The van der Waals surface area contributed by atoms with Gasteiger partial charge in [0.15, 0.2) is 11.5 Å². The first kappa shape index (κ1) is 14.8. The van der Waals surface area contributed by atoms with Crippen molar-refractivity contribution in [2.45, 2.75) is 0 Å². The SMILES string of the molecule is COc1ccc(-c2c3c(cc4cc5c(cc24)OCO5)C(=O)NC3=O)cc1. The zero-order chi connectivity index (χ0) is 17.8. The van der Waals surface area contributed by atoms with Gasteiger partial charge in [-0.15, -0.1) is 0 Å². The number of ether oxygens (including phenoxy) is 3. The number of nitrogens with one attached hydrogen (secondary N) is 1. The van der Waals surface area contributed by atoms with Crippen LogP contribution in [0.3, 0.4) is 0 Å². The Morgan fingerprint density at radius 2 is 1.65 bits per heavy atom. The second kappa shape index (κ2) is 5.23. The lowest BCUT2D eigenvalue weighted by atomic mass is 9.90. The second-order valence-corrected chi connectivity index (χ2v) is 6.11. The van der Waals surface area contributed by atoms with E-state index in [0.29, 0.717) is 33.9 Å². The molecular weight excluding hydrogens is 334 g/mol. The highest BCUT2D eigenvalue weighted by atomic mass is 16.7. The fourth-order valence-corrected chi connectivity index (χ4v) is 3.50. The Balaban J connectivity index is 1.88. The Hall–Kier alpha value is -3.54. The normalized spacial score (nSPS) is 14.5. The molecule has 3 aromatic rings. The number of imide groups is 1. The van der Waals surface area contributed by atoms with Crippen LogP contribution in [0.1, 0.15) is 20.7 Å². The summed E-state index contributed by atoms with van der Waals surface area (Å²) >= 11 is 0. The third-order valence-corrected chi connectivity index (χ3v) is 4.71. The van der Waals surface area contributed by atoms with Crippen LogP contribution in [-0.4, -0.2) is 25.7 Å². The lowest BCUT2D eigenvalue weighted by molar-refractivity contribution is 0.0880. The fourth-order valence-electron chi connectivity index (χ4n) is 3.50. The van der Waals surface area contributed by atoms with E-state index >= 15 is 0 Å². The molecule has 0 aliphatic carbocycles. The fraction of sp³-hybridized carbons (Fsp3) is 0.100. The number of benzene rings is 3. The molecule has 0 saturated heterocycles. The Labute approximate surface area is 148 Å². The Morgan fingerprint density at radius 3 is 2.38 bits per heavy atom. The monoisotopic (exact) mass is 347 g/mol. The van der Waals surface area contributed by atoms with E-state index in [1.807, 2.05) is 36.4 Å². The number of hydrogen-bond acceptors (Lipinski definition) is 5. The van der Waals surface area contributed by atoms with Crippen LogP contribution in [0.15, 0.2) is 42.5 Å². The summed E-state index contributed by atoms with van der Waals surface area (Å²) < 4.78 is 16.1. The van der Waals surface area contributed by atoms with Crippen LogP contribution in [0.25, 0.3) is 21.9 Å². The summed E-state index contributed by atoms with van der Waals surface area (Å²) in [5.41, 5.74) is 2.26. The van der Waals surface area contributed by atoms with Crippen LogP contribution >= 0.6 is 0 Å². The Morgan fingerprint density at radius 1 is 0.923 bits per heavy atom. The van der Waals surface area contributed by atoms with Crippen molar-refractivity contribution >= 4 is 22.6 Å². The molecule has 128 valence electrons. The summed E-state index contributed by atoms with van der Waals surface area (Å²) in [5.74, 6) is 1.18. The predicted molar refractivity (Wildman–Crippen MR) is 93.9 cm³/mol. The minimum Gasteiger partial charge on any atom is -0.497 e. The molecule has 6 nitrogen and oxygen atoms in total. The number of methoxy groups -OCH3 is 1. The molecule has 2 aliphatic rings. The van der Waals surface area contributed by atoms with E-state index in [2.05, 4.69) is 5.32 Å². The summed E-state index contributed by atoms with van der Waals surface area (Å²) in [6, 6.07) is 12.8. The van der Waals surface area contributed by atoms with Crippen molar-refractivity contribution < 1.29 is 23.8 Å². The third-order valence-electron chi connectivity index (χ3n) is 4.71. The molecule has 0 unspecified atom stereocenters. The first-order valence-electron chi connectivity index (χ1n) is 8.06. The van der Waals surface area contributed by atoms with Crippen molar-refractivity contribution in [1.29, 1.82) is 0 Å². The van der Waals surface area contributed by atoms with Gasteiger partial charge in [-0.3, -0.25) is 14.9 Å². The Bertz CT molecular complexity index is 1100. The highest BCUT2D eigenvalue weighted by molar-refractivity contribution is 6.27. The molecule has 6 heteroatoms. The standard InChI is InChI=1S/C20H13NO5/c1-24-12-4-2-10(3-5-12)17-13-8-16-15(25-9-26-16)7-11(13)6-14-18(17)20(23)21-19(14)22/h2-8H,9H2,1H3,(H,21,22,23). The highest BCUT2D eigenvalue weighted by Gasteiger charge is 2.32. The van der Waals surface area contributed by atoms with Gasteiger partial charge in [0.05, 0.1) is 18.2 Å². The molecule has 0 radical (unpaired) electrons. The average Bonchev–Trinajstić information content (AvgIpc) is 3.22. The van der Waals surface area contributed by atoms with Crippen molar-refractivity contribution in [1.82, 2.24) is 5.32 Å². The third kappa shape index (κ3) is 1.99. The first-order valence-corrected chi connectivity index (χ1v) is 8.06. The maximum absolute atomic E-state index is 12.5. The molecule has 0 atom stereocenters. The molecule has 1 N–H and O–H groups in total. The summed E-state index contributed by atoms with van der Waals surface area (Å²) in [6.45, 7) is 0.155. The average molecular weight is 347 g/mol. The molecule has 0 spiro atoms. The molecule has 26 heavy (non-hydrogen) atoms. The molecule has 3 aromatic carbocycles. The van der Waals surface area contributed by atoms with Gasteiger partial charge in [-0.2, -0.15) is 0 Å². The minimum atomic E-state index is -0.393. The smallest absolute Gasteiger partial charge is 0.259 e. The molecule has 0 saturated carbocycles. The van der Waals surface area contributed by atoms with Gasteiger partial charge in [0.25, 0.3) is 11.8 Å². The second-order valence-electron chi connectivity index (χ2n) is 6.11. The van der Waals surface area contributed by atoms with E-state index in [1.165, 1.54) is 0 Å². The van der Waals surface area contributed by atoms with Crippen LogP contribution in [0.5, 0.6) is 17.2 Å². The lowest BCUT2D eigenvalue weighted by Gasteiger charge is -2.13. The number of hydrogen-bond donors (Lipinski definition) is 1. The zero-order valence-corrected chi connectivity index (χ0v) is 13.8. The van der Waals surface area contributed by atoms with Crippen LogP contribution in [0.4, 0.5) is 0 Å². The van der Waals surface area contributed by atoms with E-state index in [1.54, 1.807) is 13.2 Å². The van der Waals surface area contributed by atoms with E-state index in [0.717, 1.165) is 16.3 Å². The number of amides is 2. The van der Waals surface area contributed by atoms with Crippen molar-refractivity contribution in [2.75, 3.05) is 13.9 Å². The molecule has 0 aromatic heterocycles. The highest BCUT2D eigenvalue weighted by Crippen LogP contribution is 2.43. The molecule has 2 aliphatic heterocycles. The summed E-state index contributed by atoms with van der Waals surface area (Å²) in [5, 5.41) is 4.01. The largest absolute Gasteiger partial charge is 0.497 e. The lowest BCUT2D eigenvalue weighted by Crippen LogP contribution is -2.20. The van der Waals surface area contributed by atoms with Gasteiger partial charge in [0.1, 0.15) is 5.75 Å². The van der Waals surface area contributed by atoms with Crippen LogP contribution in [0.2, 0.25) is 0 Å². The molecule has 0 fully saturated rings. The maximum Gasteiger partial charge on any atom is 0.259 e. The van der Waals surface area contributed by atoms with Gasteiger partial charge in [-0.1, -0.05) is 12.1 Å². The van der Waals surface area contributed by atoms with Crippen molar-refractivity contribution in [3.05, 3.63) is 53.6 Å². The Kier molecular flexibility index (Phi) is 2.97. The van der Waals surface area contributed by atoms with Gasteiger partial charge in [-0.25, -0.2) is 0 Å². The maximum atomic E-state index is 12.5. The van der Waals surface area contributed by atoms with Crippen molar-refractivity contribution in [3.63, 3.8) is 0 Å². The first-order chi connectivity index (χ1) is 12.7. The van der Waals surface area contributed by atoms with E-state index in [4.69, 9.17) is 14.2 Å². The van der Waals surface area contributed by atoms with Gasteiger partial charge < -0.3 is 14.2 Å².